The summed E-state index contributed by atoms with van der Waals surface area (Å²) in [5.41, 5.74) is 1.27. The molecule has 3 nitrogen and oxygen atoms in total. The normalized spacial score (nSPS) is 21.1. The summed E-state index contributed by atoms with van der Waals surface area (Å²) in [7, 11) is 0. The van der Waals surface area contributed by atoms with Gasteiger partial charge in [0, 0.05) is 5.92 Å². The van der Waals surface area contributed by atoms with Gasteiger partial charge in [0.1, 0.15) is 0 Å². The molecule has 0 aromatic heterocycles. The molecule has 1 unspecified atom stereocenters. The van der Waals surface area contributed by atoms with Crippen LogP contribution in [0.25, 0.3) is 0 Å². The SMILES string of the molecule is Cl.O=C(NC(c1ccccc1)C1CCCC1)C1CCNCC1. The maximum absolute atomic E-state index is 12.6. The van der Waals surface area contributed by atoms with Crippen molar-refractivity contribution in [2.45, 2.75) is 44.6 Å². The monoisotopic (exact) mass is 322 g/mol. The van der Waals surface area contributed by atoms with E-state index in [1.54, 1.807) is 0 Å². The molecular weight excluding hydrogens is 296 g/mol. The highest BCUT2D eigenvalue weighted by molar-refractivity contribution is 5.85. The molecule has 3 rings (SSSR count). The molecule has 22 heavy (non-hydrogen) atoms. The van der Waals surface area contributed by atoms with Crippen molar-refractivity contribution in [1.29, 1.82) is 0 Å². The lowest BCUT2D eigenvalue weighted by molar-refractivity contribution is -0.126. The van der Waals surface area contributed by atoms with Gasteiger partial charge in [-0.3, -0.25) is 4.79 Å². The Morgan fingerprint density at radius 2 is 1.68 bits per heavy atom. The summed E-state index contributed by atoms with van der Waals surface area (Å²) in [6.45, 7) is 1.94. The average Bonchev–Trinajstić information content (AvgIpc) is 3.08. The van der Waals surface area contributed by atoms with Crippen LogP contribution in [0.3, 0.4) is 0 Å². The number of rotatable bonds is 4. The molecule has 1 heterocycles. The summed E-state index contributed by atoms with van der Waals surface area (Å²) >= 11 is 0. The molecule has 1 atom stereocenters. The molecule has 122 valence electrons. The number of piperidine rings is 1. The van der Waals surface area contributed by atoms with Gasteiger partial charge in [-0.05, 0) is 50.3 Å². The third-order valence-electron chi connectivity index (χ3n) is 5.04. The molecule has 1 aliphatic heterocycles. The van der Waals surface area contributed by atoms with Crippen molar-refractivity contribution >= 4 is 18.3 Å². The van der Waals surface area contributed by atoms with Crippen LogP contribution in [-0.4, -0.2) is 19.0 Å². The van der Waals surface area contributed by atoms with E-state index in [0.717, 1.165) is 25.9 Å². The minimum absolute atomic E-state index is 0. The Balaban J connectivity index is 0.00000176. The quantitative estimate of drug-likeness (QED) is 0.891. The van der Waals surface area contributed by atoms with E-state index in [9.17, 15) is 4.79 Å². The molecule has 1 amide bonds. The lowest BCUT2D eigenvalue weighted by atomic mass is 9.90. The van der Waals surface area contributed by atoms with Crippen LogP contribution in [0, 0.1) is 11.8 Å². The second-order valence-electron chi connectivity index (χ2n) is 6.47. The van der Waals surface area contributed by atoms with Gasteiger partial charge < -0.3 is 10.6 Å². The zero-order chi connectivity index (χ0) is 14.5. The van der Waals surface area contributed by atoms with Crippen LogP contribution in [0.5, 0.6) is 0 Å². The Morgan fingerprint density at radius 1 is 1.05 bits per heavy atom. The van der Waals surface area contributed by atoms with Crippen molar-refractivity contribution in [3.8, 4) is 0 Å². The van der Waals surface area contributed by atoms with Gasteiger partial charge in [0.25, 0.3) is 0 Å². The highest BCUT2D eigenvalue weighted by Crippen LogP contribution is 2.36. The summed E-state index contributed by atoms with van der Waals surface area (Å²) < 4.78 is 0. The third kappa shape index (κ3) is 4.23. The molecule has 0 bridgehead atoms. The van der Waals surface area contributed by atoms with Crippen LogP contribution < -0.4 is 10.6 Å². The Labute approximate surface area is 139 Å². The van der Waals surface area contributed by atoms with Crippen molar-refractivity contribution in [2.75, 3.05) is 13.1 Å². The van der Waals surface area contributed by atoms with Crippen LogP contribution in [0.4, 0.5) is 0 Å². The molecule has 2 fully saturated rings. The van der Waals surface area contributed by atoms with Crippen LogP contribution in [-0.2, 0) is 4.79 Å². The van der Waals surface area contributed by atoms with Gasteiger partial charge in [-0.15, -0.1) is 12.4 Å². The highest BCUT2D eigenvalue weighted by Gasteiger charge is 2.30. The molecule has 0 radical (unpaired) electrons. The minimum atomic E-state index is 0. The first-order valence-electron chi connectivity index (χ1n) is 8.40. The van der Waals surface area contributed by atoms with Gasteiger partial charge in [-0.25, -0.2) is 0 Å². The first kappa shape index (κ1) is 17.3. The summed E-state index contributed by atoms with van der Waals surface area (Å²) in [5.74, 6) is 1.06. The van der Waals surface area contributed by atoms with Crippen molar-refractivity contribution in [3.05, 3.63) is 35.9 Å². The van der Waals surface area contributed by atoms with E-state index in [-0.39, 0.29) is 30.3 Å². The van der Waals surface area contributed by atoms with E-state index in [1.165, 1.54) is 31.2 Å². The van der Waals surface area contributed by atoms with Crippen LogP contribution >= 0.6 is 12.4 Å². The molecule has 1 aliphatic carbocycles. The third-order valence-corrected chi connectivity index (χ3v) is 5.04. The second-order valence-corrected chi connectivity index (χ2v) is 6.47. The van der Waals surface area contributed by atoms with E-state index in [1.807, 2.05) is 6.07 Å². The van der Waals surface area contributed by atoms with Crippen LogP contribution in [0.15, 0.2) is 30.3 Å². The smallest absolute Gasteiger partial charge is 0.223 e. The van der Waals surface area contributed by atoms with Crippen LogP contribution in [0.1, 0.15) is 50.1 Å². The molecule has 1 aromatic carbocycles. The number of carbonyl (C=O) groups is 1. The second kappa shape index (κ2) is 8.54. The van der Waals surface area contributed by atoms with Gasteiger partial charge >= 0.3 is 0 Å². The van der Waals surface area contributed by atoms with Crippen molar-refractivity contribution < 1.29 is 4.79 Å². The average molecular weight is 323 g/mol. The largest absolute Gasteiger partial charge is 0.349 e. The van der Waals surface area contributed by atoms with Crippen LogP contribution in [0.2, 0.25) is 0 Å². The van der Waals surface area contributed by atoms with Gasteiger partial charge in [-0.1, -0.05) is 43.2 Å². The molecule has 4 heteroatoms. The van der Waals surface area contributed by atoms with E-state index in [4.69, 9.17) is 0 Å². The number of hydrogen-bond donors (Lipinski definition) is 2. The topological polar surface area (TPSA) is 41.1 Å². The fourth-order valence-electron chi connectivity index (χ4n) is 3.78. The van der Waals surface area contributed by atoms with Gasteiger partial charge in [0.15, 0.2) is 0 Å². The Hall–Kier alpha value is -1.06. The minimum Gasteiger partial charge on any atom is -0.349 e. The Bertz CT molecular complexity index is 453. The van der Waals surface area contributed by atoms with Gasteiger partial charge in [0.05, 0.1) is 6.04 Å². The fourth-order valence-corrected chi connectivity index (χ4v) is 3.78. The number of amides is 1. The predicted molar refractivity (Wildman–Crippen MR) is 92.1 cm³/mol. The zero-order valence-electron chi connectivity index (χ0n) is 13.1. The van der Waals surface area contributed by atoms with E-state index < -0.39 is 0 Å². The first-order valence-corrected chi connectivity index (χ1v) is 8.40. The summed E-state index contributed by atoms with van der Waals surface area (Å²) in [6, 6.07) is 10.7. The molecule has 2 N–H and O–H groups in total. The summed E-state index contributed by atoms with van der Waals surface area (Å²) in [4.78, 5) is 12.6. The molecule has 1 saturated carbocycles. The highest BCUT2D eigenvalue weighted by atomic mass is 35.5. The zero-order valence-corrected chi connectivity index (χ0v) is 13.9. The van der Waals surface area contributed by atoms with Crippen molar-refractivity contribution in [2.24, 2.45) is 11.8 Å². The predicted octanol–water partition coefficient (Wildman–Crippen LogP) is 3.46. The standard InChI is InChI=1S/C18H26N2O.ClH/c21-18(16-10-12-19-13-11-16)20-17(15-8-4-5-9-15)14-6-2-1-3-7-14;/h1-3,6-7,15-17,19H,4-5,8-13H2,(H,20,21);1H. The number of hydrogen-bond acceptors (Lipinski definition) is 2. The molecule has 1 aromatic rings. The van der Waals surface area contributed by atoms with Gasteiger partial charge in [-0.2, -0.15) is 0 Å². The molecule has 1 saturated heterocycles. The fraction of sp³-hybridized carbons (Fsp3) is 0.611. The number of halogens is 1. The van der Waals surface area contributed by atoms with E-state index in [2.05, 4.69) is 34.9 Å². The maximum Gasteiger partial charge on any atom is 0.223 e. The number of nitrogens with one attached hydrogen (secondary N) is 2. The molecule has 0 spiro atoms. The van der Waals surface area contributed by atoms with E-state index >= 15 is 0 Å². The molecular formula is C18H27ClN2O. The summed E-state index contributed by atoms with van der Waals surface area (Å²) in [5, 5.41) is 6.71. The Kier molecular flexibility index (Phi) is 6.71. The van der Waals surface area contributed by atoms with Crippen molar-refractivity contribution in [3.63, 3.8) is 0 Å². The lowest BCUT2D eigenvalue weighted by Gasteiger charge is -2.29. The maximum atomic E-state index is 12.6. The first-order chi connectivity index (χ1) is 10.3. The van der Waals surface area contributed by atoms with E-state index in [0.29, 0.717) is 5.92 Å². The molecule has 2 aliphatic rings. The Morgan fingerprint density at radius 3 is 2.32 bits per heavy atom. The summed E-state index contributed by atoms with van der Waals surface area (Å²) in [6.07, 6.45) is 7.03. The van der Waals surface area contributed by atoms with Crippen molar-refractivity contribution in [1.82, 2.24) is 10.6 Å². The number of benzene rings is 1. The lowest BCUT2D eigenvalue weighted by Crippen LogP contribution is -2.41. The van der Waals surface area contributed by atoms with Gasteiger partial charge in [0.2, 0.25) is 5.91 Å². The number of carbonyl (C=O) groups excluding carboxylic acids is 1.